The number of amides is 4. The maximum atomic E-state index is 13.4. The Morgan fingerprint density at radius 2 is 0.716 bits per heavy atom. The number of epoxide rings is 1. The quantitative estimate of drug-likeness (QED) is 0.0180. The number of alkyl halides is 4. The monoisotopic (exact) mass is 1760 g/mol. The SMILES string of the molecule is CC(C)C[C@@H](C(=O)O)N(C)C(=O)OC(C)(C)C.CC(C)C[C@@H](C(=O)O[C@@H](CO)CF)N(C)C(=O)OC(C)(C)C.CC(C)C[C@@H](C(=O)O[C@H](CF)C(=O)O)N(C)C(=O)OC(C)(C)C.CC(C)C[C@@H](C(=O)O[C@H](CF)COCc1ccccc1)N(C)C(=O)OC(C)(C)C.O[C@H](CF)COCc1ccccc1.[2H][2H].[2H][2H].[2H][2H].[2H][2H].[2H][2H].[2H][2H].[2H][2H].[2H][2H].[2H][2H].[2H][2H].[2H][2H].[2H][2H].[2H][2H].[2H][2H].[2H][2H].[2H][2H].[2H][2H].[2H][2H].[2H][2H].[2H][2H].[2H][2H].[2H][2H].[2H][2H].[2H][2H].[2H][2H].c1ccc(COC[C@H]2CO2)cc1. The highest BCUT2D eigenvalue weighted by atomic mass is 19.1. The molecule has 3 aromatic carbocycles. The van der Waals surface area contributed by atoms with E-state index < -0.39 is 159 Å². The number of hydrogen-bond donors (Lipinski definition) is 4. The molecule has 116 heavy (non-hydrogen) atoms. The van der Waals surface area contributed by atoms with Crippen LogP contribution in [0.2, 0.25) is 0 Å². The van der Waals surface area contributed by atoms with Gasteiger partial charge in [-0.15, -0.1) is 0 Å². The second-order valence-corrected chi connectivity index (χ2v) is 33.1. The lowest BCUT2D eigenvalue weighted by atomic mass is 10.0. The van der Waals surface area contributed by atoms with Crippen molar-refractivity contribution >= 4 is 54.2 Å². The molecule has 4 amide bonds. The normalized spacial score (nSPS) is 16.2. The third-order valence-electron chi connectivity index (χ3n) is 15.1. The van der Waals surface area contributed by atoms with Crippen LogP contribution in [0.1, 0.15) is 255 Å². The first-order valence-electron chi connectivity index (χ1n) is 63.6. The first kappa shape index (κ1) is 71.7. The minimum absolute atomic E-state index is 0.0195. The van der Waals surface area contributed by atoms with Gasteiger partial charge in [-0.1, -0.05) is 146 Å². The Morgan fingerprint density at radius 1 is 0.431 bits per heavy atom. The molecule has 4 N–H and O–H groups in total. The van der Waals surface area contributed by atoms with Crippen molar-refractivity contribution in [1.82, 2.24) is 19.6 Å². The molecule has 0 spiro atoms. The summed E-state index contributed by atoms with van der Waals surface area (Å²) in [5, 5.41) is 35.6. The lowest BCUT2D eigenvalue weighted by molar-refractivity contribution is -0.168. The zero-order valence-corrected chi connectivity index (χ0v) is 72.7. The van der Waals surface area contributed by atoms with Crippen LogP contribution in [-0.2, 0) is 95.9 Å². The van der Waals surface area contributed by atoms with Crippen molar-refractivity contribution in [2.24, 2.45) is 23.7 Å². The average molecular weight is 1760 g/mol. The Hall–Kier alpha value is -8.43. The molecule has 1 heterocycles. The molecule has 0 saturated carbocycles. The fourth-order valence-corrected chi connectivity index (χ4v) is 9.23. The van der Waals surface area contributed by atoms with Gasteiger partial charge in [0.15, 0.2) is 12.2 Å². The van der Waals surface area contributed by atoms with Crippen molar-refractivity contribution in [2.45, 2.75) is 261 Å². The predicted molar refractivity (Wildman–Crippen MR) is 482 cm³/mol. The summed E-state index contributed by atoms with van der Waals surface area (Å²) in [7, 11) is 5.73. The highest BCUT2D eigenvalue weighted by Crippen LogP contribution is 2.23. The van der Waals surface area contributed by atoms with Gasteiger partial charge in [0.2, 0.25) is 6.10 Å². The Bertz CT molecular complexity index is 3380. The molecule has 0 unspecified atom stereocenters. The number of carboxylic acid groups (broad SMARTS) is 2. The number of aliphatic carboxylic acids is 2. The van der Waals surface area contributed by atoms with Crippen LogP contribution in [0.25, 0.3) is 0 Å². The molecule has 1 aliphatic heterocycles. The first-order chi connectivity index (χ1) is 78.7. The van der Waals surface area contributed by atoms with E-state index in [9.17, 15) is 60.7 Å². The minimum atomic E-state index is -1.89. The average Bonchev–Trinajstić information content (AvgIpc) is 1.00. The molecule has 1 fully saturated rings. The maximum Gasteiger partial charge on any atom is 0.410 e. The Morgan fingerprint density at radius 3 is 0.974 bits per heavy atom. The third-order valence-corrected chi connectivity index (χ3v) is 15.1. The zero-order valence-electron chi connectivity index (χ0n) is 123. The standard InChI is InChI=1S/C22H34FNO5.C15H26FNO6.C15H28FNO5.C12H23NO4.C10H13FO2.C10H12O2.25H2/c1-16(2)12-19(24(6)21(26)29-22(3,4)5)20(25)28-18(13-23)15-27-14-17-10-8-7-9-11-17;1-9(2)7-10(13(20)22-11(8-16)12(18)19)17(6)14(21)23-15(3,4)5;1-10(2)7-12(13(19)21-11(8-16)9-18)17(6)14(20)22-15(3,4)5;1-8(2)7-9(10(14)15)13(6)11(16)17-12(3,4)5;11-6-10(12)8-13-7-9-4-2-1-3-5-9;1-2-4-9(5-3-1)6-11-7-10-8-12-10;;;;;;;;;;;;;;;;;;;;;;;;;/h7-11,16,18-19H,12-15H2,1-6H3;9-11H,7-8H2,1-6H3,(H,18,19);10-12,18H,7-9H2,1-6H3;8-9H,7H2,1-6H3,(H,14,15);1-5,10,12H,6-8H2;1-5,10H,6-8H2;25*1H/t18-,19+;10-,11+;11-,12+;9-;2*10-;;;;;;;;;;;;;;;;;;;;;;;;;/m101010........................./s1/i;;;;;;25*1+1D. The minimum Gasteiger partial charge on any atom is -0.480 e. The predicted octanol–water partition coefficient (Wildman–Crippen LogP) is 20.4. The van der Waals surface area contributed by atoms with E-state index in [0.717, 1.165) is 39.0 Å². The molecule has 28 nitrogen and oxygen atoms in total. The van der Waals surface area contributed by atoms with Crippen LogP contribution in [0.15, 0.2) is 91.0 Å². The molecule has 9 atom stereocenters. The summed E-state index contributed by atoms with van der Waals surface area (Å²) in [6, 6.07) is 25.5. The van der Waals surface area contributed by atoms with Crippen molar-refractivity contribution in [2.75, 3.05) is 87.9 Å². The molecule has 0 radical (unpaired) electrons. The Kier molecular flexibility index (Phi) is 35.1. The van der Waals surface area contributed by atoms with Crippen molar-refractivity contribution in [3.63, 3.8) is 0 Å². The number of esters is 3. The number of carboxylic acids is 2. The van der Waals surface area contributed by atoms with E-state index in [-0.39, 0.29) is 43.3 Å². The van der Waals surface area contributed by atoms with E-state index in [1.54, 1.807) is 83.1 Å². The number of carbonyl (C=O) groups excluding carboxylic acids is 7. The summed E-state index contributed by atoms with van der Waals surface area (Å²) in [6.07, 6.45) is -6.04. The number of nitrogens with zero attached hydrogens (tertiary/aromatic N) is 4. The molecular weight excluding hydrogens is 1520 g/mol. The highest BCUT2D eigenvalue weighted by Gasteiger charge is 2.38. The van der Waals surface area contributed by atoms with E-state index in [4.69, 9.17) is 142 Å². The fourth-order valence-electron chi connectivity index (χ4n) is 9.23. The highest BCUT2D eigenvalue weighted by molar-refractivity contribution is 5.85. The Balaban J connectivity index is -0.0000000523. The van der Waals surface area contributed by atoms with Crippen LogP contribution in [0.5, 0.6) is 0 Å². The van der Waals surface area contributed by atoms with Gasteiger partial charge in [-0.2, -0.15) is 0 Å². The van der Waals surface area contributed by atoms with Gasteiger partial charge in [0.05, 0.1) is 52.9 Å². The second-order valence-electron chi connectivity index (χ2n) is 33.1. The van der Waals surface area contributed by atoms with E-state index in [2.05, 4.69) is 16.9 Å². The Labute approximate surface area is 761 Å². The third kappa shape index (κ3) is 53.7. The summed E-state index contributed by atoms with van der Waals surface area (Å²) in [5.41, 5.74) is 0.437. The van der Waals surface area contributed by atoms with Crippen LogP contribution < -0.4 is 0 Å². The fraction of sp³-hybridized carbons (Fsp3) is 0.679. The summed E-state index contributed by atoms with van der Waals surface area (Å²) < 4.78 is 357. The van der Waals surface area contributed by atoms with Gasteiger partial charge in [-0.25, -0.2) is 60.7 Å². The van der Waals surface area contributed by atoms with Gasteiger partial charge < -0.3 is 72.5 Å². The summed E-state index contributed by atoms with van der Waals surface area (Å²) in [5.74, 6) is -4.53. The summed E-state index contributed by atoms with van der Waals surface area (Å²) in [4.78, 5) is 112. The van der Waals surface area contributed by atoms with Gasteiger partial charge >= 0.3 is 54.2 Å². The number of benzene rings is 3. The number of likely N-dealkylation sites (N-methyl/N-ethyl adjacent to an activating group) is 4. The van der Waals surface area contributed by atoms with Crippen molar-refractivity contribution < 1.29 is 207 Å². The number of ether oxygens (including phenoxy) is 11. The number of halogens is 4. The number of carbonyl (C=O) groups is 9. The largest absolute Gasteiger partial charge is 0.480 e. The molecule has 1 saturated heterocycles. The molecule has 0 aliphatic carbocycles. The molecule has 32 heteroatoms. The maximum absolute atomic E-state index is 13.4. The van der Waals surface area contributed by atoms with E-state index in [0.29, 0.717) is 45.2 Å². The van der Waals surface area contributed by atoms with E-state index in [1.807, 2.05) is 134 Å². The smallest absolute Gasteiger partial charge is 0.410 e. The van der Waals surface area contributed by atoms with Gasteiger partial charge in [0.25, 0.3) is 0 Å². The molecule has 3 aromatic rings. The van der Waals surface area contributed by atoms with Crippen molar-refractivity contribution in [3.8, 4) is 0 Å². The molecule has 0 bridgehead atoms. The summed E-state index contributed by atoms with van der Waals surface area (Å²) in [6.45, 7) is 34.2. The molecule has 714 valence electrons. The molecule has 1 aliphatic rings. The van der Waals surface area contributed by atoms with Crippen molar-refractivity contribution in [1.29, 1.82) is 0 Å². The number of rotatable bonds is 37. The van der Waals surface area contributed by atoms with E-state index in [1.165, 1.54) is 38.7 Å². The van der Waals surface area contributed by atoms with Crippen molar-refractivity contribution in [3.05, 3.63) is 108 Å². The van der Waals surface area contributed by atoms with Gasteiger partial charge in [0, 0.05) is 102 Å². The van der Waals surface area contributed by atoms with Gasteiger partial charge in [-0.05, 0) is 149 Å². The number of aliphatic hydroxyl groups excluding tert-OH is 2. The van der Waals surface area contributed by atoms with Crippen LogP contribution in [0.3, 0.4) is 0 Å². The lowest BCUT2D eigenvalue weighted by Gasteiger charge is -2.31. The van der Waals surface area contributed by atoms with E-state index >= 15 is 0 Å². The summed E-state index contributed by atoms with van der Waals surface area (Å²) >= 11 is 0. The van der Waals surface area contributed by atoms with Crippen LogP contribution >= 0.6 is 0 Å². The number of aliphatic hydroxyl groups is 2. The van der Waals surface area contributed by atoms with Gasteiger partial charge in [0.1, 0.15) is 85.5 Å². The first-order valence-corrected chi connectivity index (χ1v) is 38.6. The van der Waals surface area contributed by atoms with Gasteiger partial charge in [-0.3, -0.25) is 19.6 Å². The topological polar surface area (TPSA) is 352 Å². The van der Waals surface area contributed by atoms with Crippen LogP contribution in [0, 0.1) is 23.7 Å². The molecular formula is C84H186F4N4O24. The van der Waals surface area contributed by atoms with Crippen LogP contribution in [0.4, 0.5) is 36.7 Å². The zero-order chi connectivity index (χ0) is 139. The number of hydrogen-bond acceptors (Lipinski definition) is 22. The second kappa shape index (κ2) is 56.8. The lowest BCUT2D eigenvalue weighted by Crippen LogP contribution is -2.47. The molecule has 0 aromatic heterocycles. The molecule has 4 rings (SSSR count). The van der Waals surface area contributed by atoms with Crippen LogP contribution in [-0.4, -0.2) is 259 Å².